The van der Waals surface area contributed by atoms with Gasteiger partial charge in [-0.15, -0.1) is 0 Å². The van der Waals surface area contributed by atoms with Crippen molar-refractivity contribution < 1.29 is 27.4 Å². The van der Waals surface area contributed by atoms with Gasteiger partial charge in [0.1, 0.15) is 11.9 Å². The molecule has 0 amide bonds. The summed E-state index contributed by atoms with van der Waals surface area (Å²) in [5.41, 5.74) is 0.636. The molecular weight excluding hydrogens is 508 g/mol. The lowest BCUT2D eigenvalue weighted by molar-refractivity contribution is 0.0344. The fourth-order valence-corrected chi connectivity index (χ4v) is 5.01. The Hall–Kier alpha value is -2.86. The van der Waals surface area contributed by atoms with E-state index < -0.39 is 29.0 Å². The minimum absolute atomic E-state index is 0.0621. The lowest BCUT2D eigenvalue weighted by Crippen LogP contribution is -2.42. The first-order valence-corrected chi connectivity index (χ1v) is 12.4. The van der Waals surface area contributed by atoms with Crippen LogP contribution in [0.4, 0.5) is 17.6 Å². The molecule has 9 heteroatoms. The predicted octanol–water partition coefficient (Wildman–Crippen LogP) is 6.23. The van der Waals surface area contributed by atoms with Gasteiger partial charge in [0.25, 0.3) is 0 Å². The Morgan fingerprint density at radius 3 is 2.51 bits per heavy atom. The smallest absolute Gasteiger partial charge is 0.194 e. The topological polar surface area (TPSA) is 45.6 Å². The summed E-state index contributed by atoms with van der Waals surface area (Å²) in [6, 6.07) is 6.97. The molecule has 4 rings (SSSR count). The monoisotopic (exact) mass is 534 g/mol. The van der Waals surface area contributed by atoms with E-state index in [2.05, 4.69) is 21.7 Å². The van der Waals surface area contributed by atoms with Crippen molar-refractivity contribution in [3.8, 4) is 17.6 Å². The maximum absolute atomic E-state index is 15.6. The number of rotatable bonds is 7. The first-order valence-electron chi connectivity index (χ1n) is 12.0. The number of aromatic nitrogens is 1. The molecule has 0 radical (unpaired) electrons. The van der Waals surface area contributed by atoms with Gasteiger partial charge >= 0.3 is 0 Å². The van der Waals surface area contributed by atoms with Crippen LogP contribution in [0.15, 0.2) is 36.5 Å². The molecule has 1 N–H and O–H groups in total. The van der Waals surface area contributed by atoms with E-state index in [-0.39, 0.29) is 23.6 Å². The molecule has 0 aliphatic carbocycles. The molecule has 37 heavy (non-hydrogen) atoms. The molecule has 2 heterocycles. The van der Waals surface area contributed by atoms with Crippen molar-refractivity contribution in [2.24, 2.45) is 5.41 Å². The van der Waals surface area contributed by atoms with Gasteiger partial charge in [0.2, 0.25) is 0 Å². The van der Waals surface area contributed by atoms with Crippen LogP contribution in [0, 0.1) is 34.7 Å². The highest BCUT2D eigenvalue weighted by molar-refractivity contribution is 6.32. The maximum Gasteiger partial charge on any atom is 0.194 e. The SMILES string of the molecule is COc1ccc2ncc(Cl)c([C@H](F)CCC3(CO)CCN(CC#Cc4cc(F)c(F)c(F)c4)CC3)c2c1. The van der Waals surface area contributed by atoms with Crippen LogP contribution in [0.2, 0.25) is 5.02 Å². The number of hydrogen-bond acceptors (Lipinski definition) is 4. The van der Waals surface area contributed by atoms with E-state index in [1.165, 1.54) is 13.3 Å². The van der Waals surface area contributed by atoms with Gasteiger partial charge in [-0.2, -0.15) is 0 Å². The fourth-order valence-electron chi connectivity index (χ4n) is 4.74. The zero-order valence-electron chi connectivity index (χ0n) is 20.3. The summed E-state index contributed by atoms with van der Waals surface area (Å²) in [5.74, 6) is 2.03. The van der Waals surface area contributed by atoms with E-state index in [9.17, 15) is 18.3 Å². The summed E-state index contributed by atoms with van der Waals surface area (Å²) in [7, 11) is 1.54. The van der Waals surface area contributed by atoms with Gasteiger partial charge in [-0.3, -0.25) is 9.88 Å². The second-order valence-electron chi connectivity index (χ2n) is 9.40. The largest absolute Gasteiger partial charge is 0.497 e. The van der Waals surface area contributed by atoms with Crippen molar-refractivity contribution in [3.05, 3.63) is 70.1 Å². The number of benzene rings is 2. The molecule has 1 atom stereocenters. The summed E-state index contributed by atoms with van der Waals surface area (Å²) < 4.78 is 60.7. The second kappa shape index (κ2) is 11.7. The van der Waals surface area contributed by atoms with Gasteiger partial charge in [0, 0.05) is 29.3 Å². The molecule has 2 aromatic carbocycles. The molecule has 0 bridgehead atoms. The van der Waals surface area contributed by atoms with Crippen molar-refractivity contribution in [1.82, 2.24) is 9.88 Å². The number of halogens is 5. The first kappa shape index (κ1) is 27.2. The van der Waals surface area contributed by atoms with Crippen LogP contribution in [0.25, 0.3) is 10.9 Å². The quantitative estimate of drug-likeness (QED) is 0.222. The van der Waals surface area contributed by atoms with Crippen LogP contribution in [0.1, 0.15) is 43.0 Å². The van der Waals surface area contributed by atoms with Crippen molar-refractivity contribution >= 4 is 22.5 Å². The lowest BCUT2D eigenvalue weighted by atomic mass is 9.74. The van der Waals surface area contributed by atoms with E-state index in [0.717, 1.165) is 12.1 Å². The number of fused-ring (bicyclic) bond motifs is 1. The number of hydrogen-bond donors (Lipinski definition) is 1. The molecule has 0 unspecified atom stereocenters. The number of aliphatic hydroxyl groups is 1. The lowest BCUT2D eigenvalue weighted by Gasteiger charge is -2.40. The number of piperidine rings is 1. The van der Waals surface area contributed by atoms with Crippen LogP contribution in [0.5, 0.6) is 5.75 Å². The highest BCUT2D eigenvalue weighted by atomic mass is 35.5. The van der Waals surface area contributed by atoms with Crippen molar-refractivity contribution in [2.45, 2.75) is 31.9 Å². The van der Waals surface area contributed by atoms with Gasteiger partial charge in [-0.25, -0.2) is 17.6 Å². The fraction of sp³-hybridized carbons (Fsp3) is 0.393. The minimum Gasteiger partial charge on any atom is -0.497 e. The van der Waals surface area contributed by atoms with E-state index in [1.54, 1.807) is 18.2 Å². The average Bonchev–Trinajstić information content (AvgIpc) is 2.90. The highest BCUT2D eigenvalue weighted by Gasteiger charge is 2.35. The molecule has 1 aliphatic heterocycles. The Morgan fingerprint density at radius 2 is 1.86 bits per heavy atom. The Bertz CT molecular complexity index is 1310. The van der Waals surface area contributed by atoms with Crippen molar-refractivity contribution in [1.29, 1.82) is 0 Å². The van der Waals surface area contributed by atoms with E-state index in [1.807, 2.05) is 0 Å². The van der Waals surface area contributed by atoms with Crippen LogP contribution >= 0.6 is 11.6 Å². The van der Waals surface area contributed by atoms with Crippen LogP contribution in [-0.2, 0) is 0 Å². The van der Waals surface area contributed by atoms with Crippen molar-refractivity contribution in [2.75, 3.05) is 33.4 Å². The van der Waals surface area contributed by atoms with Crippen LogP contribution in [0.3, 0.4) is 0 Å². The highest BCUT2D eigenvalue weighted by Crippen LogP contribution is 2.41. The Labute approximate surface area is 218 Å². The second-order valence-corrected chi connectivity index (χ2v) is 9.81. The number of likely N-dealkylation sites (tertiary alicyclic amines) is 1. The summed E-state index contributed by atoms with van der Waals surface area (Å²) in [6.45, 7) is 1.56. The van der Waals surface area contributed by atoms with Crippen LogP contribution in [-0.4, -0.2) is 48.3 Å². The number of nitrogens with zero attached hydrogens (tertiary/aromatic N) is 2. The van der Waals surface area contributed by atoms with E-state index in [4.69, 9.17) is 16.3 Å². The minimum atomic E-state index is -1.52. The zero-order valence-corrected chi connectivity index (χ0v) is 21.1. The van der Waals surface area contributed by atoms with Crippen molar-refractivity contribution in [3.63, 3.8) is 0 Å². The molecule has 1 aromatic heterocycles. The van der Waals surface area contributed by atoms with Gasteiger partial charge in [-0.05, 0) is 74.5 Å². The Kier molecular flexibility index (Phi) is 8.58. The number of aliphatic hydroxyl groups excluding tert-OH is 1. The first-order chi connectivity index (χ1) is 17.7. The maximum atomic E-state index is 15.6. The third-order valence-electron chi connectivity index (χ3n) is 7.08. The van der Waals surface area contributed by atoms with Crippen LogP contribution < -0.4 is 4.74 Å². The van der Waals surface area contributed by atoms with Gasteiger partial charge in [0.05, 0.1) is 24.2 Å². The third-order valence-corrected chi connectivity index (χ3v) is 7.38. The number of ether oxygens (including phenoxy) is 1. The number of pyridine rings is 1. The molecular formula is C28H27ClF4N2O2. The van der Waals surface area contributed by atoms with Gasteiger partial charge in [0.15, 0.2) is 17.5 Å². The average molecular weight is 535 g/mol. The number of alkyl halides is 1. The molecule has 1 saturated heterocycles. The number of methoxy groups -OCH3 is 1. The van der Waals surface area contributed by atoms with E-state index >= 15 is 4.39 Å². The predicted molar refractivity (Wildman–Crippen MR) is 135 cm³/mol. The third kappa shape index (κ3) is 6.18. The molecule has 1 fully saturated rings. The van der Waals surface area contributed by atoms with Gasteiger partial charge < -0.3 is 9.84 Å². The molecule has 3 aromatic rings. The molecule has 1 aliphatic rings. The summed E-state index contributed by atoms with van der Waals surface area (Å²) in [4.78, 5) is 6.34. The standard InChI is InChI=1S/C28H27ClF4N2O2/c1-37-19-4-5-25-20(15-19)26(21(29)16-34-25)22(30)6-7-28(17-36)8-11-35(12-9-28)10-2-3-18-13-23(31)27(33)24(32)14-18/h4-5,13-16,22,36H,6-12,17H2,1H3/t22-/m1/s1. The molecule has 0 spiro atoms. The normalized spacial score (nSPS) is 16.3. The molecule has 0 saturated carbocycles. The van der Waals surface area contributed by atoms with Gasteiger partial charge in [-0.1, -0.05) is 23.4 Å². The Balaban J connectivity index is 1.37. The Morgan fingerprint density at radius 1 is 1.16 bits per heavy atom. The summed E-state index contributed by atoms with van der Waals surface area (Å²) >= 11 is 6.35. The van der Waals surface area contributed by atoms with E-state index in [0.29, 0.717) is 61.1 Å². The molecule has 196 valence electrons. The zero-order chi connectivity index (χ0) is 26.6. The summed E-state index contributed by atoms with van der Waals surface area (Å²) in [6.07, 6.45) is 2.08. The summed E-state index contributed by atoms with van der Waals surface area (Å²) in [5, 5.41) is 11.0. The molecule has 4 nitrogen and oxygen atoms in total.